The van der Waals surface area contributed by atoms with Gasteiger partial charge in [-0.15, -0.1) is 0 Å². The van der Waals surface area contributed by atoms with E-state index >= 15 is 0 Å². The van der Waals surface area contributed by atoms with Gasteiger partial charge in [0, 0.05) is 39.5 Å². The molecule has 1 unspecified atom stereocenters. The fourth-order valence-electron chi connectivity index (χ4n) is 4.34. The minimum atomic E-state index is -0.209. The Kier molecular flexibility index (Phi) is 4.96. The molecule has 0 spiro atoms. The molecule has 0 bridgehead atoms. The SMILES string of the molecule is CC1(C)CC(=O)C2=C(C1)N(c1cccc(Cl)c1)C(=O)CC2c1cccc(Br)c1. The van der Waals surface area contributed by atoms with Crippen molar-refractivity contribution >= 4 is 44.9 Å². The average molecular weight is 459 g/mol. The van der Waals surface area contributed by atoms with Crippen LogP contribution in [0, 0.1) is 5.41 Å². The first-order chi connectivity index (χ1) is 13.2. The van der Waals surface area contributed by atoms with Crippen LogP contribution in [0.5, 0.6) is 0 Å². The number of hydrogen-bond acceptors (Lipinski definition) is 2. The second-order valence-corrected chi connectivity index (χ2v) is 9.67. The van der Waals surface area contributed by atoms with E-state index in [1.54, 1.807) is 17.0 Å². The van der Waals surface area contributed by atoms with Crippen LogP contribution in [-0.2, 0) is 9.59 Å². The number of benzene rings is 2. The maximum Gasteiger partial charge on any atom is 0.232 e. The van der Waals surface area contributed by atoms with E-state index in [0.29, 0.717) is 17.9 Å². The quantitative estimate of drug-likeness (QED) is 0.532. The number of hydrogen-bond donors (Lipinski definition) is 0. The monoisotopic (exact) mass is 457 g/mol. The van der Waals surface area contributed by atoms with Crippen LogP contribution in [0.3, 0.4) is 0 Å². The first kappa shape index (κ1) is 19.4. The highest BCUT2D eigenvalue weighted by atomic mass is 79.9. The number of halogens is 2. The van der Waals surface area contributed by atoms with Crippen molar-refractivity contribution in [3.05, 3.63) is 74.9 Å². The van der Waals surface area contributed by atoms with E-state index in [9.17, 15) is 9.59 Å². The van der Waals surface area contributed by atoms with Gasteiger partial charge in [-0.05, 0) is 47.7 Å². The summed E-state index contributed by atoms with van der Waals surface area (Å²) in [6.07, 6.45) is 1.44. The smallest absolute Gasteiger partial charge is 0.232 e. The van der Waals surface area contributed by atoms with Gasteiger partial charge in [0.25, 0.3) is 0 Å². The van der Waals surface area contributed by atoms with Gasteiger partial charge >= 0.3 is 0 Å². The molecule has 1 heterocycles. The lowest BCUT2D eigenvalue weighted by molar-refractivity contribution is -0.121. The van der Waals surface area contributed by atoms with E-state index in [4.69, 9.17) is 11.6 Å². The highest BCUT2D eigenvalue weighted by molar-refractivity contribution is 9.10. The summed E-state index contributed by atoms with van der Waals surface area (Å²) in [5.41, 5.74) is 3.13. The zero-order chi connectivity index (χ0) is 20.1. The van der Waals surface area contributed by atoms with Crippen molar-refractivity contribution < 1.29 is 9.59 Å². The van der Waals surface area contributed by atoms with E-state index in [0.717, 1.165) is 27.0 Å². The van der Waals surface area contributed by atoms with Crippen molar-refractivity contribution in [1.82, 2.24) is 0 Å². The summed E-state index contributed by atoms with van der Waals surface area (Å²) < 4.78 is 0.945. The molecule has 1 atom stereocenters. The minimum Gasteiger partial charge on any atom is -0.294 e. The van der Waals surface area contributed by atoms with Crippen molar-refractivity contribution in [3.8, 4) is 0 Å². The first-order valence-electron chi connectivity index (χ1n) is 9.35. The molecule has 0 radical (unpaired) electrons. The van der Waals surface area contributed by atoms with E-state index in [1.807, 2.05) is 36.4 Å². The van der Waals surface area contributed by atoms with Gasteiger partial charge in [-0.25, -0.2) is 0 Å². The van der Waals surface area contributed by atoms with Crippen molar-refractivity contribution in [1.29, 1.82) is 0 Å². The molecule has 3 nitrogen and oxygen atoms in total. The molecule has 0 N–H and O–H groups in total. The van der Waals surface area contributed by atoms with Crippen LogP contribution in [0.25, 0.3) is 0 Å². The summed E-state index contributed by atoms with van der Waals surface area (Å²) in [7, 11) is 0. The highest BCUT2D eigenvalue weighted by Crippen LogP contribution is 2.48. The third-order valence-corrected chi connectivity index (χ3v) is 6.19. The predicted octanol–water partition coefficient (Wildman–Crippen LogP) is 6.27. The zero-order valence-corrected chi connectivity index (χ0v) is 18.2. The van der Waals surface area contributed by atoms with Crippen molar-refractivity contribution in [3.63, 3.8) is 0 Å². The second-order valence-electron chi connectivity index (χ2n) is 8.32. The van der Waals surface area contributed by atoms with Gasteiger partial charge in [-0.2, -0.15) is 0 Å². The van der Waals surface area contributed by atoms with Crippen molar-refractivity contribution in [2.45, 2.75) is 39.0 Å². The van der Waals surface area contributed by atoms with Crippen LogP contribution >= 0.6 is 27.5 Å². The molecule has 2 aromatic rings. The van der Waals surface area contributed by atoms with Crippen LogP contribution in [0.2, 0.25) is 5.02 Å². The molecule has 28 heavy (non-hydrogen) atoms. The van der Waals surface area contributed by atoms with Gasteiger partial charge in [-0.1, -0.05) is 59.6 Å². The molecule has 0 saturated heterocycles. The minimum absolute atomic E-state index is 0.00325. The van der Waals surface area contributed by atoms with Gasteiger partial charge in [-0.3, -0.25) is 14.5 Å². The number of allylic oxidation sites excluding steroid dienone is 2. The highest BCUT2D eigenvalue weighted by Gasteiger charge is 2.44. The fraction of sp³-hybridized carbons (Fsp3) is 0.304. The fourth-order valence-corrected chi connectivity index (χ4v) is 4.94. The van der Waals surface area contributed by atoms with Gasteiger partial charge in [0.15, 0.2) is 5.78 Å². The Morgan fingerprint density at radius 3 is 2.54 bits per heavy atom. The Bertz CT molecular complexity index is 1010. The molecular weight excluding hydrogens is 438 g/mol. The van der Waals surface area contributed by atoms with Gasteiger partial charge in [0.2, 0.25) is 5.91 Å². The molecule has 2 aromatic carbocycles. The summed E-state index contributed by atoms with van der Waals surface area (Å²) >= 11 is 9.70. The topological polar surface area (TPSA) is 37.4 Å². The Labute approximate surface area is 178 Å². The zero-order valence-electron chi connectivity index (χ0n) is 15.8. The van der Waals surface area contributed by atoms with Crippen molar-refractivity contribution in [2.75, 3.05) is 4.90 Å². The molecule has 2 aliphatic rings. The van der Waals surface area contributed by atoms with E-state index in [1.165, 1.54) is 0 Å². The number of rotatable bonds is 2. The summed E-state index contributed by atoms with van der Waals surface area (Å²) in [6.45, 7) is 4.16. The molecule has 1 aliphatic heterocycles. The summed E-state index contributed by atoms with van der Waals surface area (Å²) in [5.74, 6) is -0.0775. The van der Waals surface area contributed by atoms with Crippen LogP contribution in [0.15, 0.2) is 64.3 Å². The number of nitrogens with zero attached hydrogens (tertiary/aromatic N) is 1. The van der Waals surface area contributed by atoms with Gasteiger partial charge in [0.1, 0.15) is 0 Å². The molecule has 1 aliphatic carbocycles. The van der Waals surface area contributed by atoms with Crippen molar-refractivity contribution in [2.24, 2.45) is 5.41 Å². The largest absolute Gasteiger partial charge is 0.294 e. The van der Waals surface area contributed by atoms with Crippen LogP contribution in [-0.4, -0.2) is 11.7 Å². The molecule has 0 fully saturated rings. The molecule has 1 amide bonds. The first-order valence-corrected chi connectivity index (χ1v) is 10.5. The summed E-state index contributed by atoms with van der Waals surface area (Å²) in [5, 5.41) is 0.572. The second kappa shape index (κ2) is 7.16. The maximum atomic E-state index is 13.3. The molecular formula is C23H21BrClNO2. The molecule has 0 aromatic heterocycles. The third-order valence-electron chi connectivity index (χ3n) is 5.46. The summed E-state index contributed by atoms with van der Waals surface area (Å²) in [6, 6.07) is 15.2. The number of amides is 1. The maximum absolute atomic E-state index is 13.3. The normalized spacial score (nSPS) is 21.7. The van der Waals surface area contributed by atoms with Gasteiger partial charge in [0.05, 0.1) is 5.69 Å². The van der Waals surface area contributed by atoms with Crippen LogP contribution < -0.4 is 4.90 Å². The van der Waals surface area contributed by atoms with E-state index in [2.05, 4.69) is 29.8 Å². The number of Topliss-reactive ketones (excluding diaryl/α,β-unsaturated/α-hetero) is 1. The average Bonchev–Trinajstić information content (AvgIpc) is 2.59. The molecule has 5 heteroatoms. The van der Waals surface area contributed by atoms with E-state index < -0.39 is 0 Å². The molecule has 4 rings (SSSR count). The number of ketones is 1. The number of anilines is 1. The Morgan fingerprint density at radius 1 is 1.07 bits per heavy atom. The summed E-state index contributed by atoms with van der Waals surface area (Å²) in [4.78, 5) is 28.2. The predicted molar refractivity (Wildman–Crippen MR) is 115 cm³/mol. The Morgan fingerprint density at radius 2 is 1.82 bits per heavy atom. The number of carbonyl (C=O) groups is 2. The van der Waals surface area contributed by atoms with E-state index in [-0.39, 0.29) is 29.4 Å². The third kappa shape index (κ3) is 3.56. The number of carbonyl (C=O) groups excluding carboxylic acids is 2. The lowest BCUT2D eigenvalue weighted by Gasteiger charge is -2.43. The lowest BCUT2D eigenvalue weighted by Crippen LogP contribution is -2.43. The molecule has 0 saturated carbocycles. The standard InChI is InChI=1S/C23H21BrClNO2/c1-23(2)12-19-22(20(27)13-23)18(14-5-3-6-15(24)9-14)11-21(28)26(19)17-8-4-7-16(25)10-17/h3-10,18H,11-13H2,1-2H3. The van der Waals surface area contributed by atoms with Crippen LogP contribution in [0.1, 0.15) is 44.6 Å². The van der Waals surface area contributed by atoms with Crippen LogP contribution in [0.4, 0.5) is 5.69 Å². The lowest BCUT2D eigenvalue weighted by atomic mass is 9.69. The Hall–Kier alpha value is -1.91. The molecule has 144 valence electrons. The van der Waals surface area contributed by atoms with Gasteiger partial charge < -0.3 is 0 Å². The Balaban J connectivity index is 1.91.